The van der Waals surface area contributed by atoms with Gasteiger partial charge >= 0.3 is 6.03 Å². The van der Waals surface area contributed by atoms with Crippen molar-refractivity contribution in [3.63, 3.8) is 0 Å². The van der Waals surface area contributed by atoms with Crippen molar-refractivity contribution in [2.24, 2.45) is 0 Å². The number of nitrogens with zero attached hydrogens (tertiary/aromatic N) is 1. The van der Waals surface area contributed by atoms with E-state index in [9.17, 15) is 9.59 Å². The number of urea groups is 1. The fourth-order valence-corrected chi connectivity index (χ4v) is 1.79. The Morgan fingerprint density at radius 3 is 2.52 bits per heavy atom. The van der Waals surface area contributed by atoms with Crippen LogP contribution in [0.4, 0.5) is 16.2 Å². The largest absolute Gasteiger partial charge is 0.328 e. The number of unbranched alkanes of at least 4 members (excludes halogenated alkanes) is 1. The van der Waals surface area contributed by atoms with Crippen LogP contribution in [0.25, 0.3) is 0 Å². The second-order valence-corrected chi connectivity index (χ2v) is 5.14. The average Bonchev–Trinajstić information content (AvgIpc) is 2.47. The number of benzene rings is 1. The Bertz CT molecular complexity index is 500. The third-order valence-electron chi connectivity index (χ3n) is 3.28. The molecule has 0 aliphatic carbocycles. The Morgan fingerprint density at radius 2 is 1.90 bits per heavy atom. The van der Waals surface area contributed by atoms with Crippen LogP contribution in [0.1, 0.15) is 38.7 Å². The van der Waals surface area contributed by atoms with E-state index in [-0.39, 0.29) is 11.9 Å². The van der Waals surface area contributed by atoms with E-state index in [1.165, 1.54) is 0 Å². The van der Waals surface area contributed by atoms with E-state index in [2.05, 4.69) is 17.6 Å². The molecule has 0 unspecified atom stereocenters. The molecule has 2 N–H and O–H groups in total. The summed E-state index contributed by atoms with van der Waals surface area (Å²) in [4.78, 5) is 25.2. The first kappa shape index (κ1) is 17.0. The van der Waals surface area contributed by atoms with Gasteiger partial charge in [-0.1, -0.05) is 26.3 Å². The van der Waals surface area contributed by atoms with E-state index in [0.717, 1.165) is 30.6 Å². The summed E-state index contributed by atoms with van der Waals surface area (Å²) < 4.78 is 0. The van der Waals surface area contributed by atoms with Gasteiger partial charge < -0.3 is 15.5 Å². The zero-order valence-electron chi connectivity index (χ0n) is 13.3. The van der Waals surface area contributed by atoms with Crippen molar-refractivity contribution in [1.29, 1.82) is 0 Å². The van der Waals surface area contributed by atoms with Crippen LogP contribution < -0.4 is 10.6 Å². The first-order valence-electron chi connectivity index (χ1n) is 7.40. The van der Waals surface area contributed by atoms with Gasteiger partial charge in [0.2, 0.25) is 5.91 Å². The van der Waals surface area contributed by atoms with Crippen molar-refractivity contribution in [2.45, 2.75) is 40.0 Å². The van der Waals surface area contributed by atoms with Crippen LogP contribution in [-0.2, 0) is 4.79 Å². The van der Waals surface area contributed by atoms with E-state index in [0.29, 0.717) is 12.1 Å². The summed E-state index contributed by atoms with van der Waals surface area (Å²) in [6.45, 7) is 6.55. The van der Waals surface area contributed by atoms with Gasteiger partial charge in [0.1, 0.15) is 0 Å². The van der Waals surface area contributed by atoms with Crippen LogP contribution in [0.15, 0.2) is 18.2 Å². The highest BCUT2D eigenvalue weighted by atomic mass is 16.2. The highest BCUT2D eigenvalue weighted by Gasteiger charge is 2.10. The van der Waals surface area contributed by atoms with Gasteiger partial charge in [-0.25, -0.2) is 4.79 Å². The molecule has 1 aromatic carbocycles. The third kappa shape index (κ3) is 5.45. The summed E-state index contributed by atoms with van der Waals surface area (Å²) >= 11 is 0. The SMILES string of the molecule is CCCCN(C)C(=O)Nc1cc(NC(=O)CC)ccc1C. The molecule has 3 amide bonds. The second-order valence-electron chi connectivity index (χ2n) is 5.14. The molecule has 116 valence electrons. The summed E-state index contributed by atoms with van der Waals surface area (Å²) in [5, 5.41) is 5.68. The number of hydrogen-bond acceptors (Lipinski definition) is 2. The van der Waals surface area contributed by atoms with Crippen LogP contribution in [0.5, 0.6) is 0 Å². The number of nitrogens with one attached hydrogen (secondary N) is 2. The summed E-state index contributed by atoms with van der Waals surface area (Å²) in [6, 6.07) is 5.37. The normalized spacial score (nSPS) is 10.1. The second kappa shape index (κ2) is 8.29. The molecule has 0 atom stereocenters. The van der Waals surface area contributed by atoms with Crippen LogP contribution in [0.3, 0.4) is 0 Å². The predicted octanol–water partition coefficient (Wildman–Crippen LogP) is 3.61. The monoisotopic (exact) mass is 291 g/mol. The Labute approximate surface area is 126 Å². The molecule has 0 fully saturated rings. The molecule has 0 saturated heterocycles. The minimum Gasteiger partial charge on any atom is -0.328 e. The van der Waals surface area contributed by atoms with Gasteiger partial charge in [-0.05, 0) is 31.0 Å². The standard InChI is InChI=1S/C16H25N3O2/c1-5-7-10-19(4)16(21)18-14-11-13(9-8-12(14)3)17-15(20)6-2/h8-9,11H,5-7,10H2,1-4H3,(H,17,20)(H,18,21). The number of amides is 3. The maximum Gasteiger partial charge on any atom is 0.321 e. The molecule has 1 aromatic rings. The van der Waals surface area contributed by atoms with Crippen molar-refractivity contribution in [1.82, 2.24) is 4.90 Å². The lowest BCUT2D eigenvalue weighted by molar-refractivity contribution is -0.115. The summed E-state index contributed by atoms with van der Waals surface area (Å²) in [7, 11) is 1.78. The number of rotatable bonds is 6. The quantitative estimate of drug-likeness (QED) is 0.841. The average molecular weight is 291 g/mol. The lowest BCUT2D eigenvalue weighted by Crippen LogP contribution is -2.32. The molecule has 0 aliphatic heterocycles. The van der Waals surface area contributed by atoms with Gasteiger partial charge in [0.25, 0.3) is 0 Å². The van der Waals surface area contributed by atoms with Gasteiger partial charge in [-0.15, -0.1) is 0 Å². The maximum absolute atomic E-state index is 12.1. The van der Waals surface area contributed by atoms with E-state index >= 15 is 0 Å². The summed E-state index contributed by atoms with van der Waals surface area (Å²) in [5.41, 5.74) is 2.37. The van der Waals surface area contributed by atoms with E-state index in [1.54, 1.807) is 24.9 Å². The Morgan fingerprint density at radius 1 is 1.19 bits per heavy atom. The lowest BCUT2D eigenvalue weighted by Gasteiger charge is -2.19. The minimum absolute atomic E-state index is 0.0452. The van der Waals surface area contributed by atoms with Gasteiger partial charge in [-0.2, -0.15) is 0 Å². The van der Waals surface area contributed by atoms with E-state index in [4.69, 9.17) is 0 Å². The molecular weight excluding hydrogens is 266 g/mol. The lowest BCUT2D eigenvalue weighted by atomic mass is 10.1. The fraction of sp³-hybridized carbons (Fsp3) is 0.500. The van der Waals surface area contributed by atoms with E-state index < -0.39 is 0 Å². The number of aryl methyl sites for hydroxylation is 1. The number of carbonyl (C=O) groups is 2. The number of anilines is 2. The van der Waals surface area contributed by atoms with Crippen molar-refractivity contribution in [3.8, 4) is 0 Å². The van der Waals surface area contributed by atoms with Gasteiger partial charge in [0.15, 0.2) is 0 Å². The van der Waals surface area contributed by atoms with Crippen molar-refractivity contribution < 1.29 is 9.59 Å². The fourth-order valence-electron chi connectivity index (χ4n) is 1.79. The smallest absolute Gasteiger partial charge is 0.321 e. The maximum atomic E-state index is 12.1. The number of hydrogen-bond donors (Lipinski definition) is 2. The molecule has 0 bridgehead atoms. The summed E-state index contributed by atoms with van der Waals surface area (Å²) in [6.07, 6.45) is 2.46. The topological polar surface area (TPSA) is 61.4 Å². The van der Waals surface area contributed by atoms with Crippen molar-refractivity contribution in [2.75, 3.05) is 24.2 Å². The van der Waals surface area contributed by atoms with Crippen LogP contribution in [0.2, 0.25) is 0 Å². The molecule has 1 rings (SSSR count). The third-order valence-corrected chi connectivity index (χ3v) is 3.28. The van der Waals surface area contributed by atoms with Crippen molar-refractivity contribution in [3.05, 3.63) is 23.8 Å². The molecule has 0 aromatic heterocycles. The molecule has 5 heteroatoms. The van der Waals surface area contributed by atoms with Gasteiger partial charge in [0, 0.05) is 31.4 Å². The zero-order chi connectivity index (χ0) is 15.8. The zero-order valence-corrected chi connectivity index (χ0v) is 13.3. The van der Waals surface area contributed by atoms with Gasteiger partial charge in [0.05, 0.1) is 0 Å². The molecular formula is C16H25N3O2. The van der Waals surface area contributed by atoms with Crippen LogP contribution in [0, 0.1) is 6.92 Å². The molecule has 21 heavy (non-hydrogen) atoms. The van der Waals surface area contributed by atoms with Crippen LogP contribution >= 0.6 is 0 Å². The Balaban J connectivity index is 2.75. The molecule has 0 saturated carbocycles. The Hall–Kier alpha value is -2.04. The van der Waals surface area contributed by atoms with E-state index in [1.807, 2.05) is 19.1 Å². The molecule has 0 heterocycles. The highest BCUT2D eigenvalue weighted by molar-refractivity contribution is 5.94. The summed E-state index contributed by atoms with van der Waals surface area (Å²) in [5.74, 6) is -0.0452. The molecule has 5 nitrogen and oxygen atoms in total. The highest BCUT2D eigenvalue weighted by Crippen LogP contribution is 2.20. The minimum atomic E-state index is -0.134. The first-order valence-corrected chi connectivity index (χ1v) is 7.40. The van der Waals surface area contributed by atoms with Crippen LogP contribution in [-0.4, -0.2) is 30.4 Å². The van der Waals surface area contributed by atoms with Crippen molar-refractivity contribution >= 4 is 23.3 Å². The van der Waals surface area contributed by atoms with Gasteiger partial charge in [-0.3, -0.25) is 4.79 Å². The Kier molecular flexibility index (Phi) is 6.72. The molecule has 0 radical (unpaired) electrons. The first-order chi connectivity index (χ1) is 9.97. The molecule has 0 aliphatic rings. The molecule has 0 spiro atoms. The number of carbonyl (C=O) groups excluding carboxylic acids is 2. The predicted molar refractivity (Wildman–Crippen MR) is 86.7 cm³/mol.